The van der Waals surface area contributed by atoms with Crippen molar-refractivity contribution in [3.05, 3.63) is 56.4 Å². The maximum Gasteiger partial charge on any atom is 0.262 e. The summed E-state index contributed by atoms with van der Waals surface area (Å²) in [6.07, 6.45) is 5.75. The molecule has 2 heterocycles. The van der Waals surface area contributed by atoms with Crippen LogP contribution in [0.4, 0.5) is 5.69 Å². The number of hydrogen-bond donors (Lipinski definition) is 1. The van der Waals surface area contributed by atoms with Gasteiger partial charge in [0, 0.05) is 10.6 Å². The second kappa shape index (κ2) is 6.68. The average Bonchev–Trinajstić information content (AvgIpc) is 3.00. The van der Waals surface area contributed by atoms with Crippen LogP contribution in [0.1, 0.15) is 34.4 Å². The molecule has 3 aromatic rings. The monoisotopic (exact) mass is 367 g/mol. The summed E-state index contributed by atoms with van der Waals surface area (Å²) in [5, 5.41) is 3.62. The molecule has 4 rings (SSSR count). The Morgan fingerprint density at radius 1 is 1.27 bits per heavy atom. The number of aromatic nitrogens is 2. The molecule has 1 aliphatic carbocycles. The highest BCUT2D eigenvalue weighted by molar-refractivity contribution is 7.18. The molecule has 0 saturated carbocycles. The number of aryl methyl sites for hydroxylation is 4. The standard InChI is InChI=1S/C20H21N3O2S/c1-12-7-8-13(2)15(9-12)22-17(24)10-23-11-21-19-18(20(23)25)14-5-3-4-6-16(14)26-19/h7-9,11H,3-6,10H2,1-2H3,(H,22,24). The fourth-order valence-electron chi connectivity index (χ4n) is 3.51. The second-order valence-electron chi connectivity index (χ2n) is 6.94. The van der Waals surface area contributed by atoms with E-state index >= 15 is 0 Å². The Balaban J connectivity index is 1.63. The largest absolute Gasteiger partial charge is 0.324 e. The van der Waals surface area contributed by atoms with Gasteiger partial charge >= 0.3 is 0 Å². The number of fused-ring (bicyclic) bond motifs is 3. The molecule has 0 fully saturated rings. The van der Waals surface area contributed by atoms with Crippen molar-refractivity contribution in [1.82, 2.24) is 9.55 Å². The first-order valence-electron chi connectivity index (χ1n) is 8.90. The summed E-state index contributed by atoms with van der Waals surface area (Å²) in [7, 11) is 0. The molecule has 0 spiro atoms. The van der Waals surface area contributed by atoms with E-state index in [1.54, 1.807) is 11.3 Å². The molecule has 6 heteroatoms. The van der Waals surface area contributed by atoms with Gasteiger partial charge in [-0.1, -0.05) is 12.1 Å². The fraction of sp³-hybridized carbons (Fsp3) is 0.350. The Labute approximate surface area is 155 Å². The van der Waals surface area contributed by atoms with Crippen molar-refractivity contribution in [3.8, 4) is 0 Å². The van der Waals surface area contributed by atoms with Gasteiger partial charge in [-0.15, -0.1) is 11.3 Å². The Morgan fingerprint density at radius 2 is 2.08 bits per heavy atom. The molecule has 5 nitrogen and oxygen atoms in total. The van der Waals surface area contributed by atoms with Crippen LogP contribution in [-0.4, -0.2) is 15.5 Å². The molecular formula is C20H21N3O2S. The van der Waals surface area contributed by atoms with Crippen LogP contribution in [0.5, 0.6) is 0 Å². The van der Waals surface area contributed by atoms with Gasteiger partial charge in [0.25, 0.3) is 5.56 Å². The van der Waals surface area contributed by atoms with Gasteiger partial charge in [-0.2, -0.15) is 0 Å². The SMILES string of the molecule is Cc1ccc(C)c(NC(=O)Cn2cnc3sc4c(c3c2=O)CCCC4)c1. The Morgan fingerprint density at radius 3 is 2.92 bits per heavy atom. The number of nitrogens with zero attached hydrogens (tertiary/aromatic N) is 2. The lowest BCUT2D eigenvalue weighted by atomic mass is 9.97. The highest BCUT2D eigenvalue weighted by Crippen LogP contribution is 2.33. The molecule has 0 unspecified atom stereocenters. The van der Waals surface area contributed by atoms with Crippen molar-refractivity contribution in [1.29, 1.82) is 0 Å². The van der Waals surface area contributed by atoms with Gasteiger partial charge in [0.05, 0.1) is 11.7 Å². The molecule has 0 radical (unpaired) electrons. The molecule has 0 atom stereocenters. The van der Waals surface area contributed by atoms with Crippen molar-refractivity contribution < 1.29 is 4.79 Å². The van der Waals surface area contributed by atoms with Gasteiger partial charge in [0.15, 0.2) is 0 Å². The molecule has 0 saturated heterocycles. The molecule has 134 valence electrons. The Hall–Kier alpha value is -2.47. The third-order valence-electron chi connectivity index (χ3n) is 4.92. The topological polar surface area (TPSA) is 64.0 Å². The van der Waals surface area contributed by atoms with E-state index in [1.165, 1.54) is 22.2 Å². The predicted molar refractivity (Wildman–Crippen MR) is 105 cm³/mol. The predicted octanol–water partition coefficient (Wildman–Crippen LogP) is 3.59. The van der Waals surface area contributed by atoms with Crippen LogP contribution >= 0.6 is 11.3 Å². The number of benzene rings is 1. The van der Waals surface area contributed by atoms with Crippen LogP contribution in [0.15, 0.2) is 29.3 Å². The van der Waals surface area contributed by atoms with Crippen LogP contribution in [0.25, 0.3) is 10.2 Å². The minimum atomic E-state index is -0.217. The third kappa shape index (κ3) is 3.05. The van der Waals surface area contributed by atoms with E-state index in [-0.39, 0.29) is 18.0 Å². The van der Waals surface area contributed by atoms with Crippen LogP contribution in [0.3, 0.4) is 0 Å². The van der Waals surface area contributed by atoms with Gasteiger partial charge in [0.1, 0.15) is 11.4 Å². The van der Waals surface area contributed by atoms with Crippen molar-refractivity contribution in [2.45, 2.75) is 46.1 Å². The molecule has 0 bridgehead atoms. The number of carbonyl (C=O) groups excluding carboxylic acids is 1. The van der Waals surface area contributed by atoms with E-state index in [9.17, 15) is 9.59 Å². The fourth-order valence-corrected chi connectivity index (χ4v) is 4.73. The Kier molecular flexibility index (Phi) is 4.36. The van der Waals surface area contributed by atoms with Gasteiger partial charge in [-0.3, -0.25) is 14.2 Å². The number of carbonyl (C=O) groups is 1. The minimum Gasteiger partial charge on any atom is -0.324 e. The number of nitrogens with one attached hydrogen (secondary N) is 1. The van der Waals surface area contributed by atoms with Gasteiger partial charge < -0.3 is 5.32 Å². The van der Waals surface area contributed by atoms with Crippen molar-refractivity contribution in [2.24, 2.45) is 0 Å². The summed E-state index contributed by atoms with van der Waals surface area (Å²) in [6, 6.07) is 5.92. The van der Waals surface area contributed by atoms with Gasteiger partial charge in [-0.25, -0.2) is 4.98 Å². The summed E-state index contributed by atoms with van der Waals surface area (Å²) < 4.78 is 1.42. The van der Waals surface area contributed by atoms with E-state index in [2.05, 4.69) is 10.3 Å². The number of anilines is 1. The maximum atomic E-state index is 12.9. The van der Waals surface area contributed by atoms with E-state index in [0.717, 1.165) is 46.5 Å². The molecule has 1 aromatic carbocycles. The number of hydrogen-bond acceptors (Lipinski definition) is 4. The number of thiophene rings is 1. The van der Waals surface area contributed by atoms with Gasteiger partial charge in [0.2, 0.25) is 5.91 Å². The van der Waals surface area contributed by atoms with Crippen LogP contribution in [0, 0.1) is 13.8 Å². The lowest BCUT2D eigenvalue weighted by Crippen LogP contribution is -2.28. The normalized spacial score (nSPS) is 13.6. The quantitative estimate of drug-likeness (QED) is 0.769. The molecule has 1 amide bonds. The zero-order chi connectivity index (χ0) is 18.3. The molecule has 1 N–H and O–H groups in total. The number of rotatable bonds is 3. The Bertz CT molecular complexity index is 1060. The first-order chi connectivity index (χ1) is 12.5. The first kappa shape index (κ1) is 17.0. The van der Waals surface area contributed by atoms with Crippen molar-refractivity contribution in [3.63, 3.8) is 0 Å². The smallest absolute Gasteiger partial charge is 0.262 e. The molecule has 26 heavy (non-hydrogen) atoms. The van der Waals surface area contributed by atoms with Crippen LogP contribution in [0.2, 0.25) is 0 Å². The highest BCUT2D eigenvalue weighted by Gasteiger charge is 2.20. The lowest BCUT2D eigenvalue weighted by molar-refractivity contribution is -0.116. The first-order valence-corrected chi connectivity index (χ1v) is 9.71. The van der Waals surface area contributed by atoms with E-state index in [4.69, 9.17) is 0 Å². The highest BCUT2D eigenvalue weighted by atomic mass is 32.1. The molecular weight excluding hydrogens is 346 g/mol. The second-order valence-corrected chi connectivity index (χ2v) is 8.02. The molecule has 2 aromatic heterocycles. The van der Waals surface area contributed by atoms with Crippen LogP contribution < -0.4 is 10.9 Å². The van der Waals surface area contributed by atoms with E-state index in [1.807, 2.05) is 32.0 Å². The zero-order valence-corrected chi connectivity index (χ0v) is 15.8. The maximum absolute atomic E-state index is 12.9. The van der Waals surface area contributed by atoms with Gasteiger partial charge in [-0.05, 0) is 62.3 Å². The number of amides is 1. The summed E-state index contributed by atoms with van der Waals surface area (Å²) in [5.41, 5.74) is 3.90. The molecule has 0 aliphatic heterocycles. The van der Waals surface area contributed by atoms with Crippen molar-refractivity contribution >= 4 is 33.1 Å². The summed E-state index contributed by atoms with van der Waals surface area (Å²) >= 11 is 1.62. The van der Waals surface area contributed by atoms with Crippen molar-refractivity contribution in [2.75, 3.05) is 5.32 Å². The average molecular weight is 367 g/mol. The third-order valence-corrected chi connectivity index (χ3v) is 6.12. The zero-order valence-electron chi connectivity index (χ0n) is 15.0. The summed E-state index contributed by atoms with van der Waals surface area (Å²) in [6.45, 7) is 3.91. The lowest BCUT2D eigenvalue weighted by Gasteiger charge is -2.11. The van der Waals surface area contributed by atoms with E-state index in [0.29, 0.717) is 5.39 Å². The van der Waals surface area contributed by atoms with E-state index < -0.39 is 0 Å². The summed E-state index contributed by atoms with van der Waals surface area (Å²) in [4.78, 5) is 31.9. The molecule has 1 aliphatic rings. The van der Waals surface area contributed by atoms with Crippen LogP contribution in [-0.2, 0) is 24.2 Å². The summed E-state index contributed by atoms with van der Waals surface area (Å²) in [5.74, 6) is -0.217. The minimum absolute atomic E-state index is 0.0280.